The van der Waals surface area contributed by atoms with Crippen LogP contribution in [0.2, 0.25) is 0 Å². The third kappa shape index (κ3) is 4.65. The zero-order valence-corrected chi connectivity index (χ0v) is 11.4. The highest BCUT2D eigenvalue weighted by molar-refractivity contribution is 5.72. The van der Waals surface area contributed by atoms with Gasteiger partial charge in [0.25, 0.3) is 0 Å². The Morgan fingerprint density at radius 1 is 1.26 bits per heavy atom. The van der Waals surface area contributed by atoms with Gasteiger partial charge < -0.3 is 14.8 Å². The number of methoxy groups -OCH3 is 1. The molecule has 0 aliphatic carbocycles. The number of carbonyl (C=O) groups excluding carboxylic acids is 1. The molecule has 1 aromatic rings. The van der Waals surface area contributed by atoms with E-state index in [2.05, 4.69) is 22.2 Å². The first kappa shape index (κ1) is 14.0. The quantitative estimate of drug-likeness (QED) is 0.821. The van der Waals surface area contributed by atoms with Gasteiger partial charge in [0.05, 0.1) is 13.5 Å². The fourth-order valence-corrected chi connectivity index (χ4v) is 2.18. The second-order valence-corrected chi connectivity index (χ2v) is 4.84. The van der Waals surface area contributed by atoms with Crippen LogP contribution in [0.5, 0.6) is 0 Å². The number of esters is 1. The first-order valence-electron chi connectivity index (χ1n) is 6.73. The monoisotopic (exact) mass is 263 g/mol. The molecule has 2 rings (SSSR count). The summed E-state index contributed by atoms with van der Waals surface area (Å²) in [6.45, 7) is 2.58. The van der Waals surface area contributed by atoms with E-state index >= 15 is 0 Å². The highest BCUT2D eigenvalue weighted by Gasteiger charge is 2.12. The number of carbonyl (C=O) groups is 1. The Bertz CT molecular complexity index is 396. The van der Waals surface area contributed by atoms with E-state index < -0.39 is 0 Å². The molecule has 4 heteroatoms. The van der Waals surface area contributed by atoms with Gasteiger partial charge in [-0.05, 0) is 24.0 Å². The van der Waals surface area contributed by atoms with Gasteiger partial charge in [0.2, 0.25) is 0 Å². The minimum Gasteiger partial charge on any atom is -0.469 e. The summed E-state index contributed by atoms with van der Waals surface area (Å²) in [5, 5.41) is 3.54. The van der Waals surface area contributed by atoms with Crippen molar-refractivity contribution in [3.8, 4) is 0 Å². The van der Waals surface area contributed by atoms with Crippen LogP contribution >= 0.6 is 0 Å². The highest BCUT2D eigenvalue weighted by atomic mass is 16.5. The third-order valence-electron chi connectivity index (χ3n) is 3.42. The van der Waals surface area contributed by atoms with Crippen molar-refractivity contribution >= 4 is 5.97 Å². The topological polar surface area (TPSA) is 47.6 Å². The summed E-state index contributed by atoms with van der Waals surface area (Å²) < 4.78 is 9.98. The predicted octanol–water partition coefficient (Wildman–Crippen LogP) is 1.67. The van der Waals surface area contributed by atoms with Gasteiger partial charge >= 0.3 is 5.97 Å². The van der Waals surface area contributed by atoms with E-state index in [4.69, 9.17) is 4.74 Å². The summed E-state index contributed by atoms with van der Waals surface area (Å²) in [6.07, 6.45) is 2.50. The molecule has 1 aromatic carbocycles. The molecule has 19 heavy (non-hydrogen) atoms. The molecule has 0 bridgehead atoms. The van der Waals surface area contributed by atoms with Crippen LogP contribution in [0.25, 0.3) is 0 Å². The lowest BCUT2D eigenvalue weighted by molar-refractivity contribution is -0.139. The summed E-state index contributed by atoms with van der Waals surface area (Å²) in [6, 6.07) is 8.65. The molecule has 0 spiro atoms. The number of hydrogen-bond acceptors (Lipinski definition) is 4. The molecule has 0 amide bonds. The zero-order chi connectivity index (χ0) is 13.5. The second kappa shape index (κ2) is 7.26. The van der Waals surface area contributed by atoms with E-state index in [-0.39, 0.29) is 5.97 Å². The second-order valence-electron chi connectivity index (χ2n) is 4.84. The van der Waals surface area contributed by atoms with Crippen LogP contribution in [0.1, 0.15) is 24.0 Å². The van der Waals surface area contributed by atoms with Gasteiger partial charge in [-0.2, -0.15) is 0 Å². The molecule has 0 saturated carbocycles. The Hall–Kier alpha value is -1.39. The lowest BCUT2D eigenvalue weighted by Gasteiger charge is -2.23. The Balaban J connectivity index is 1.79. The zero-order valence-electron chi connectivity index (χ0n) is 11.4. The standard InChI is InChI=1S/C15H21NO3/c1-18-15(17)10-12-2-4-13(5-3-12)11-16-14-6-8-19-9-7-14/h2-5,14,16H,6-11H2,1H3. The van der Waals surface area contributed by atoms with Gasteiger partial charge in [0.1, 0.15) is 0 Å². The first-order valence-corrected chi connectivity index (χ1v) is 6.73. The van der Waals surface area contributed by atoms with Crippen molar-refractivity contribution in [2.45, 2.75) is 31.8 Å². The molecule has 0 aromatic heterocycles. The minimum atomic E-state index is -0.201. The van der Waals surface area contributed by atoms with Crippen molar-refractivity contribution in [3.63, 3.8) is 0 Å². The SMILES string of the molecule is COC(=O)Cc1ccc(CNC2CCOCC2)cc1. The highest BCUT2D eigenvalue weighted by Crippen LogP contribution is 2.09. The van der Waals surface area contributed by atoms with Crippen LogP contribution in [0.4, 0.5) is 0 Å². The Morgan fingerprint density at radius 2 is 1.89 bits per heavy atom. The number of nitrogens with one attached hydrogen (secondary N) is 1. The van der Waals surface area contributed by atoms with Gasteiger partial charge in [-0.1, -0.05) is 24.3 Å². The molecule has 1 heterocycles. The van der Waals surface area contributed by atoms with E-state index in [9.17, 15) is 4.79 Å². The number of ether oxygens (including phenoxy) is 2. The summed E-state index contributed by atoms with van der Waals surface area (Å²) in [5.41, 5.74) is 2.22. The molecular formula is C15H21NO3. The van der Waals surface area contributed by atoms with Crippen molar-refractivity contribution in [3.05, 3.63) is 35.4 Å². The van der Waals surface area contributed by atoms with Crippen molar-refractivity contribution < 1.29 is 14.3 Å². The average molecular weight is 263 g/mol. The molecule has 0 atom stereocenters. The summed E-state index contributed by atoms with van der Waals surface area (Å²) >= 11 is 0. The van der Waals surface area contributed by atoms with Gasteiger partial charge in [-0.15, -0.1) is 0 Å². The molecule has 1 N–H and O–H groups in total. The molecule has 104 valence electrons. The van der Waals surface area contributed by atoms with Crippen molar-refractivity contribution in [2.24, 2.45) is 0 Å². The van der Waals surface area contributed by atoms with Crippen LogP contribution in [-0.2, 0) is 27.2 Å². The molecule has 4 nitrogen and oxygen atoms in total. The summed E-state index contributed by atoms with van der Waals surface area (Å²) in [7, 11) is 1.41. The first-order chi connectivity index (χ1) is 9.28. The smallest absolute Gasteiger partial charge is 0.309 e. The van der Waals surface area contributed by atoms with Crippen LogP contribution in [0.15, 0.2) is 24.3 Å². The van der Waals surface area contributed by atoms with E-state index in [1.807, 2.05) is 12.1 Å². The maximum atomic E-state index is 11.2. The van der Waals surface area contributed by atoms with Gasteiger partial charge in [0, 0.05) is 25.8 Å². The number of rotatable bonds is 5. The van der Waals surface area contributed by atoms with Gasteiger partial charge in [0.15, 0.2) is 0 Å². The van der Waals surface area contributed by atoms with Gasteiger partial charge in [-0.3, -0.25) is 4.79 Å². The van der Waals surface area contributed by atoms with E-state index in [1.54, 1.807) is 0 Å². The Morgan fingerprint density at radius 3 is 2.53 bits per heavy atom. The molecule has 0 unspecified atom stereocenters. The predicted molar refractivity (Wildman–Crippen MR) is 72.8 cm³/mol. The van der Waals surface area contributed by atoms with Crippen LogP contribution in [0, 0.1) is 0 Å². The normalized spacial score (nSPS) is 16.3. The maximum absolute atomic E-state index is 11.2. The van der Waals surface area contributed by atoms with Gasteiger partial charge in [-0.25, -0.2) is 0 Å². The Labute approximate surface area is 114 Å². The molecule has 0 radical (unpaired) electrons. The number of benzene rings is 1. The largest absolute Gasteiger partial charge is 0.469 e. The van der Waals surface area contributed by atoms with Crippen molar-refractivity contribution in [2.75, 3.05) is 20.3 Å². The van der Waals surface area contributed by atoms with Crippen LogP contribution in [-0.4, -0.2) is 32.3 Å². The molecule has 1 aliphatic rings. The summed E-state index contributed by atoms with van der Waals surface area (Å²) in [4.78, 5) is 11.2. The fourth-order valence-electron chi connectivity index (χ4n) is 2.18. The molecule has 1 aliphatic heterocycles. The lowest BCUT2D eigenvalue weighted by atomic mass is 10.1. The maximum Gasteiger partial charge on any atom is 0.309 e. The fraction of sp³-hybridized carbons (Fsp3) is 0.533. The number of hydrogen-bond donors (Lipinski definition) is 1. The van der Waals surface area contributed by atoms with E-state index in [0.717, 1.165) is 38.2 Å². The van der Waals surface area contributed by atoms with E-state index in [0.29, 0.717) is 12.5 Å². The average Bonchev–Trinajstić information content (AvgIpc) is 2.47. The molecule has 1 saturated heterocycles. The van der Waals surface area contributed by atoms with E-state index in [1.165, 1.54) is 12.7 Å². The van der Waals surface area contributed by atoms with Crippen LogP contribution < -0.4 is 5.32 Å². The molecule has 1 fully saturated rings. The van der Waals surface area contributed by atoms with Crippen molar-refractivity contribution in [1.82, 2.24) is 5.32 Å². The molecular weight excluding hydrogens is 242 g/mol. The Kier molecular flexibility index (Phi) is 5.36. The lowest BCUT2D eigenvalue weighted by Crippen LogP contribution is -2.34. The van der Waals surface area contributed by atoms with Crippen molar-refractivity contribution in [1.29, 1.82) is 0 Å². The summed E-state index contributed by atoms with van der Waals surface area (Å²) in [5.74, 6) is -0.201. The van der Waals surface area contributed by atoms with Crippen LogP contribution in [0.3, 0.4) is 0 Å². The minimum absolute atomic E-state index is 0.201. The third-order valence-corrected chi connectivity index (χ3v) is 3.42.